The molecule has 1 N–H and O–H groups in total. The topological polar surface area (TPSA) is 29.5 Å². The lowest BCUT2D eigenvalue weighted by atomic mass is 10.0. The van der Waals surface area contributed by atoms with Crippen LogP contribution in [0.5, 0.6) is 5.75 Å². The molecule has 2 nitrogen and oxygen atoms in total. The maximum absolute atomic E-state index is 14.0. The lowest BCUT2D eigenvalue weighted by Crippen LogP contribution is -2.05. The molecule has 0 bridgehead atoms. The fraction of sp³-hybridized carbons (Fsp3) is 0.200. The van der Waals surface area contributed by atoms with E-state index in [1.54, 1.807) is 12.1 Å². The Hall–Kier alpha value is -1.46. The number of methoxy groups -OCH3 is 1. The van der Waals surface area contributed by atoms with Crippen molar-refractivity contribution >= 4 is 15.9 Å². The summed E-state index contributed by atoms with van der Waals surface area (Å²) >= 11 is 3.25. The monoisotopic (exact) mass is 342 g/mol. The minimum atomic E-state index is -1.01. The number of rotatable bonds is 4. The lowest BCUT2D eigenvalue weighted by Gasteiger charge is -2.14. The molecule has 1 atom stereocenters. The fourth-order valence-corrected chi connectivity index (χ4v) is 2.47. The van der Waals surface area contributed by atoms with Crippen molar-refractivity contribution in [1.29, 1.82) is 0 Å². The van der Waals surface area contributed by atoms with Crippen LogP contribution >= 0.6 is 15.9 Å². The summed E-state index contributed by atoms with van der Waals surface area (Å²) in [6.45, 7) is 0. The molecule has 0 aliphatic heterocycles. The van der Waals surface area contributed by atoms with Gasteiger partial charge in [-0.15, -0.1) is 0 Å². The number of aliphatic hydroxyl groups excluding tert-OH is 1. The molecule has 0 aromatic heterocycles. The zero-order valence-corrected chi connectivity index (χ0v) is 12.3. The van der Waals surface area contributed by atoms with Gasteiger partial charge >= 0.3 is 0 Å². The maximum Gasteiger partial charge on any atom is 0.168 e. The number of ether oxygens (including phenoxy) is 1. The smallest absolute Gasteiger partial charge is 0.168 e. The van der Waals surface area contributed by atoms with Gasteiger partial charge in [0.15, 0.2) is 11.6 Å². The molecule has 0 aliphatic rings. The number of hydrogen-bond donors (Lipinski definition) is 1. The fourth-order valence-electron chi connectivity index (χ4n) is 1.96. The zero-order chi connectivity index (χ0) is 14.7. The molecular weight excluding hydrogens is 330 g/mol. The molecule has 0 amide bonds. The quantitative estimate of drug-likeness (QED) is 0.909. The van der Waals surface area contributed by atoms with Crippen LogP contribution in [0.3, 0.4) is 0 Å². The molecule has 2 rings (SSSR count). The molecule has 0 spiro atoms. The van der Waals surface area contributed by atoms with Crippen LogP contribution in [0, 0.1) is 11.6 Å². The van der Waals surface area contributed by atoms with Crippen molar-refractivity contribution in [3.8, 4) is 5.75 Å². The minimum absolute atomic E-state index is 0.0328. The number of halogens is 3. The van der Waals surface area contributed by atoms with E-state index in [1.807, 2.05) is 0 Å². The summed E-state index contributed by atoms with van der Waals surface area (Å²) in [4.78, 5) is 0. The summed E-state index contributed by atoms with van der Waals surface area (Å²) in [5, 5.41) is 10.2. The zero-order valence-electron chi connectivity index (χ0n) is 10.7. The van der Waals surface area contributed by atoms with E-state index in [4.69, 9.17) is 4.74 Å². The number of hydrogen-bond acceptors (Lipinski definition) is 2. The van der Waals surface area contributed by atoms with Crippen molar-refractivity contribution in [3.63, 3.8) is 0 Å². The average molecular weight is 343 g/mol. The van der Waals surface area contributed by atoms with E-state index in [9.17, 15) is 13.9 Å². The second kappa shape index (κ2) is 6.33. The van der Waals surface area contributed by atoms with Gasteiger partial charge in [-0.3, -0.25) is 0 Å². The van der Waals surface area contributed by atoms with E-state index in [-0.39, 0.29) is 12.2 Å². The third-order valence-corrected chi connectivity index (χ3v) is 3.72. The summed E-state index contributed by atoms with van der Waals surface area (Å²) in [5.74, 6) is -0.844. The highest BCUT2D eigenvalue weighted by Gasteiger charge is 2.17. The van der Waals surface area contributed by atoms with Gasteiger partial charge in [-0.1, -0.05) is 28.1 Å². The van der Waals surface area contributed by atoms with Gasteiger partial charge in [0.05, 0.1) is 13.2 Å². The van der Waals surface area contributed by atoms with Gasteiger partial charge in [0.1, 0.15) is 5.82 Å². The van der Waals surface area contributed by atoms with Crippen molar-refractivity contribution in [2.75, 3.05) is 7.11 Å². The molecule has 5 heteroatoms. The molecular formula is C15H13BrF2O2. The van der Waals surface area contributed by atoms with Gasteiger partial charge in [0.25, 0.3) is 0 Å². The highest BCUT2D eigenvalue weighted by atomic mass is 79.9. The standard InChI is InChI=1S/C15H13BrF2O2/c1-20-14-4-2-3-9(15(14)18)7-13(19)11-8-10(17)5-6-12(11)16/h2-6,8,13,19H,7H2,1H3. The summed E-state index contributed by atoms with van der Waals surface area (Å²) < 4.78 is 32.7. The van der Waals surface area contributed by atoms with Crippen LogP contribution in [0.15, 0.2) is 40.9 Å². The predicted octanol–water partition coefficient (Wildman–Crippen LogP) is 4.01. The van der Waals surface area contributed by atoms with Gasteiger partial charge in [0, 0.05) is 10.9 Å². The van der Waals surface area contributed by atoms with Gasteiger partial charge in [-0.25, -0.2) is 8.78 Å². The molecule has 2 aromatic rings. The molecule has 106 valence electrons. The SMILES string of the molecule is COc1cccc(CC(O)c2cc(F)ccc2Br)c1F. The minimum Gasteiger partial charge on any atom is -0.494 e. The van der Waals surface area contributed by atoms with Crippen LogP contribution < -0.4 is 4.74 Å². The second-order valence-electron chi connectivity index (χ2n) is 4.32. The molecule has 0 fully saturated rings. The Labute approximate surface area is 124 Å². The second-order valence-corrected chi connectivity index (χ2v) is 5.17. The highest BCUT2D eigenvalue weighted by Crippen LogP contribution is 2.29. The Balaban J connectivity index is 2.28. The third kappa shape index (κ3) is 3.16. The molecule has 0 saturated heterocycles. The summed E-state index contributed by atoms with van der Waals surface area (Å²) in [6, 6.07) is 8.73. The Bertz CT molecular complexity index is 617. The first-order valence-electron chi connectivity index (χ1n) is 5.97. The average Bonchev–Trinajstić information content (AvgIpc) is 2.43. The first kappa shape index (κ1) is 14.9. The Morgan fingerprint density at radius 3 is 2.70 bits per heavy atom. The van der Waals surface area contributed by atoms with Crippen LogP contribution in [0.2, 0.25) is 0 Å². The lowest BCUT2D eigenvalue weighted by molar-refractivity contribution is 0.175. The van der Waals surface area contributed by atoms with Crippen LogP contribution in [0.1, 0.15) is 17.2 Å². The van der Waals surface area contributed by atoms with Gasteiger partial charge < -0.3 is 9.84 Å². The normalized spacial score (nSPS) is 12.2. The van der Waals surface area contributed by atoms with Crippen molar-refractivity contribution in [3.05, 3.63) is 63.6 Å². The molecule has 0 radical (unpaired) electrons. The Morgan fingerprint density at radius 1 is 1.25 bits per heavy atom. The van der Waals surface area contributed by atoms with E-state index in [0.717, 1.165) is 0 Å². The molecule has 0 heterocycles. The van der Waals surface area contributed by atoms with Gasteiger partial charge in [-0.2, -0.15) is 0 Å². The van der Waals surface area contributed by atoms with Crippen LogP contribution in [-0.2, 0) is 6.42 Å². The summed E-state index contributed by atoms with van der Waals surface area (Å²) in [5.41, 5.74) is 0.695. The van der Waals surface area contributed by atoms with E-state index in [0.29, 0.717) is 15.6 Å². The van der Waals surface area contributed by atoms with Crippen molar-refractivity contribution in [2.24, 2.45) is 0 Å². The van der Waals surface area contributed by atoms with Crippen molar-refractivity contribution in [1.82, 2.24) is 0 Å². The first-order valence-corrected chi connectivity index (χ1v) is 6.76. The largest absolute Gasteiger partial charge is 0.494 e. The molecule has 20 heavy (non-hydrogen) atoms. The van der Waals surface area contributed by atoms with Gasteiger partial charge in [0.2, 0.25) is 0 Å². The van der Waals surface area contributed by atoms with E-state index >= 15 is 0 Å². The van der Waals surface area contributed by atoms with Crippen LogP contribution in [-0.4, -0.2) is 12.2 Å². The van der Waals surface area contributed by atoms with Crippen molar-refractivity contribution < 1.29 is 18.6 Å². The molecule has 0 aliphatic carbocycles. The predicted molar refractivity (Wildman–Crippen MR) is 75.7 cm³/mol. The molecule has 0 saturated carbocycles. The Morgan fingerprint density at radius 2 is 2.00 bits per heavy atom. The highest BCUT2D eigenvalue weighted by molar-refractivity contribution is 9.10. The summed E-state index contributed by atoms with van der Waals surface area (Å²) in [7, 11) is 1.38. The van der Waals surface area contributed by atoms with Crippen LogP contribution in [0.25, 0.3) is 0 Å². The number of benzene rings is 2. The molecule has 2 aromatic carbocycles. The number of aliphatic hydroxyl groups is 1. The third-order valence-electron chi connectivity index (χ3n) is 2.99. The van der Waals surface area contributed by atoms with Crippen molar-refractivity contribution in [2.45, 2.75) is 12.5 Å². The Kier molecular flexibility index (Phi) is 4.73. The maximum atomic E-state index is 14.0. The van der Waals surface area contributed by atoms with E-state index in [2.05, 4.69) is 15.9 Å². The summed E-state index contributed by atoms with van der Waals surface area (Å²) in [6.07, 6.45) is -0.980. The van der Waals surface area contributed by atoms with E-state index in [1.165, 1.54) is 31.4 Å². The molecule has 1 unspecified atom stereocenters. The van der Waals surface area contributed by atoms with Crippen LogP contribution in [0.4, 0.5) is 8.78 Å². The van der Waals surface area contributed by atoms with Gasteiger partial charge in [-0.05, 0) is 35.4 Å². The van der Waals surface area contributed by atoms with E-state index < -0.39 is 17.7 Å². The first-order chi connectivity index (χ1) is 9.52.